The van der Waals surface area contributed by atoms with Crippen LogP contribution in [0.3, 0.4) is 0 Å². The highest BCUT2D eigenvalue weighted by atomic mass is 32.1. The maximum atomic E-state index is 4.59. The minimum atomic E-state index is 0.596. The molecule has 0 atom stereocenters. The molecule has 3 aromatic rings. The van der Waals surface area contributed by atoms with Crippen molar-refractivity contribution < 1.29 is 0 Å². The van der Waals surface area contributed by atoms with Crippen molar-refractivity contribution in [2.45, 2.75) is 25.3 Å². The number of nitrogens with one attached hydrogen (secondary N) is 1. The summed E-state index contributed by atoms with van der Waals surface area (Å²) in [6.07, 6.45) is 5.97. The van der Waals surface area contributed by atoms with Crippen molar-refractivity contribution in [2.75, 3.05) is 5.32 Å². The van der Waals surface area contributed by atoms with Gasteiger partial charge < -0.3 is 9.88 Å². The molecule has 1 saturated carbocycles. The van der Waals surface area contributed by atoms with Gasteiger partial charge in [0.05, 0.1) is 23.8 Å². The van der Waals surface area contributed by atoms with E-state index in [1.165, 1.54) is 12.8 Å². The Morgan fingerprint density at radius 2 is 2.23 bits per heavy atom. The van der Waals surface area contributed by atoms with E-state index in [0.29, 0.717) is 12.5 Å². The first-order valence-corrected chi connectivity index (χ1v) is 8.17. The Kier molecular flexibility index (Phi) is 3.34. The normalized spacial score (nSPS) is 14.2. The highest BCUT2D eigenvalue weighted by Crippen LogP contribution is 2.38. The van der Waals surface area contributed by atoms with E-state index in [2.05, 4.69) is 30.0 Å². The molecule has 0 aliphatic heterocycles. The summed E-state index contributed by atoms with van der Waals surface area (Å²) in [7, 11) is 2.03. The first kappa shape index (κ1) is 13.4. The number of aromatic nitrogens is 5. The number of thiophene rings is 1. The smallest absolute Gasteiger partial charge is 0.152 e. The van der Waals surface area contributed by atoms with Gasteiger partial charge in [0.15, 0.2) is 5.82 Å². The predicted molar refractivity (Wildman–Crippen MR) is 85.6 cm³/mol. The molecule has 6 nitrogen and oxygen atoms in total. The number of hydrogen-bond donors (Lipinski definition) is 1. The Labute approximate surface area is 132 Å². The van der Waals surface area contributed by atoms with Gasteiger partial charge in [-0.3, -0.25) is 4.98 Å². The van der Waals surface area contributed by atoms with Crippen LogP contribution in [0.2, 0.25) is 0 Å². The van der Waals surface area contributed by atoms with Crippen LogP contribution in [-0.4, -0.2) is 24.7 Å². The van der Waals surface area contributed by atoms with Gasteiger partial charge in [-0.15, -0.1) is 21.5 Å². The molecule has 22 heavy (non-hydrogen) atoms. The summed E-state index contributed by atoms with van der Waals surface area (Å²) in [6.45, 7) is 0.596. The molecule has 0 bridgehead atoms. The van der Waals surface area contributed by atoms with Crippen molar-refractivity contribution in [3.05, 3.63) is 41.6 Å². The number of anilines is 1. The summed E-state index contributed by atoms with van der Waals surface area (Å²) >= 11 is 1.66. The van der Waals surface area contributed by atoms with Gasteiger partial charge in [-0.2, -0.15) is 0 Å². The molecular formula is C15H16N6S. The zero-order chi connectivity index (χ0) is 14.9. The van der Waals surface area contributed by atoms with Crippen molar-refractivity contribution in [1.82, 2.24) is 24.7 Å². The Morgan fingerprint density at radius 3 is 3.00 bits per heavy atom. The molecule has 0 saturated heterocycles. The first-order valence-electron chi connectivity index (χ1n) is 7.29. The van der Waals surface area contributed by atoms with Crippen LogP contribution in [0.1, 0.15) is 30.4 Å². The van der Waals surface area contributed by atoms with E-state index in [-0.39, 0.29) is 0 Å². The molecule has 0 amide bonds. The van der Waals surface area contributed by atoms with E-state index in [4.69, 9.17) is 0 Å². The van der Waals surface area contributed by atoms with Crippen molar-refractivity contribution in [1.29, 1.82) is 0 Å². The fraction of sp³-hybridized carbons (Fsp3) is 0.333. The summed E-state index contributed by atoms with van der Waals surface area (Å²) in [5, 5.41) is 13.9. The lowest BCUT2D eigenvalue weighted by Crippen LogP contribution is -2.08. The van der Waals surface area contributed by atoms with Crippen LogP contribution in [0.25, 0.3) is 10.6 Å². The van der Waals surface area contributed by atoms with Gasteiger partial charge >= 0.3 is 0 Å². The van der Waals surface area contributed by atoms with Crippen molar-refractivity contribution in [3.63, 3.8) is 0 Å². The molecule has 0 radical (unpaired) electrons. The maximum absolute atomic E-state index is 4.59. The lowest BCUT2D eigenvalue weighted by molar-refractivity contribution is 0.756. The minimum absolute atomic E-state index is 0.596. The average Bonchev–Trinajstić information content (AvgIpc) is 3.10. The zero-order valence-electron chi connectivity index (χ0n) is 12.2. The van der Waals surface area contributed by atoms with Crippen LogP contribution in [0.15, 0.2) is 29.9 Å². The average molecular weight is 312 g/mol. The molecule has 1 N–H and O–H groups in total. The Bertz CT molecular complexity index is 775. The first-order chi connectivity index (χ1) is 10.8. The standard InChI is InChI=1S/C15H16N6S/c1-21-14(19-20-15(21)10-4-5-10)9-17-13-8-16-7-11(18-13)12-3-2-6-22-12/h2-3,6-8,10H,4-5,9H2,1H3,(H,17,18). The van der Waals surface area contributed by atoms with Gasteiger partial charge in [0, 0.05) is 13.0 Å². The quantitative estimate of drug-likeness (QED) is 0.784. The SMILES string of the molecule is Cn1c(CNc2cncc(-c3cccs3)n2)nnc1C1CC1. The lowest BCUT2D eigenvalue weighted by atomic mass is 10.3. The van der Waals surface area contributed by atoms with Crippen LogP contribution in [0.5, 0.6) is 0 Å². The van der Waals surface area contributed by atoms with E-state index in [1.807, 2.05) is 24.6 Å². The predicted octanol–water partition coefficient (Wildman–Crippen LogP) is 2.82. The third-order valence-electron chi connectivity index (χ3n) is 3.78. The third kappa shape index (κ3) is 2.59. The van der Waals surface area contributed by atoms with Crippen LogP contribution in [0, 0.1) is 0 Å². The van der Waals surface area contributed by atoms with E-state index in [0.717, 1.165) is 28.0 Å². The lowest BCUT2D eigenvalue weighted by Gasteiger charge is -2.06. The molecule has 112 valence electrons. The van der Waals surface area contributed by atoms with Crippen LogP contribution in [-0.2, 0) is 13.6 Å². The van der Waals surface area contributed by atoms with Crippen molar-refractivity contribution in [3.8, 4) is 10.6 Å². The number of hydrogen-bond acceptors (Lipinski definition) is 6. The summed E-state index contributed by atoms with van der Waals surface area (Å²) in [5.74, 6) is 3.37. The molecule has 1 aliphatic rings. The highest BCUT2D eigenvalue weighted by molar-refractivity contribution is 7.13. The van der Waals surface area contributed by atoms with Crippen LogP contribution >= 0.6 is 11.3 Å². The van der Waals surface area contributed by atoms with Gasteiger partial charge in [-0.05, 0) is 24.3 Å². The van der Waals surface area contributed by atoms with Crippen LogP contribution < -0.4 is 5.32 Å². The Balaban J connectivity index is 1.48. The molecule has 0 aromatic carbocycles. The fourth-order valence-corrected chi connectivity index (χ4v) is 3.07. The van der Waals surface area contributed by atoms with E-state index >= 15 is 0 Å². The third-order valence-corrected chi connectivity index (χ3v) is 4.67. The maximum Gasteiger partial charge on any atom is 0.152 e. The molecule has 4 rings (SSSR count). The molecule has 3 aromatic heterocycles. The zero-order valence-corrected chi connectivity index (χ0v) is 13.0. The number of nitrogens with zero attached hydrogens (tertiary/aromatic N) is 5. The second-order valence-electron chi connectivity index (χ2n) is 5.43. The van der Waals surface area contributed by atoms with E-state index in [1.54, 1.807) is 23.7 Å². The largest absolute Gasteiger partial charge is 0.361 e. The summed E-state index contributed by atoms with van der Waals surface area (Å²) < 4.78 is 2.08. The Hall–Kier alpha value is -2.28. The van der Waals surface area contributed by atoms with E-state index in [9.17, 15) is 0 Å². The highest BCUT2D eigenvalue weighted by Gasteiger charge is 2.29. The van der Waals surface area contributed by atoms with E-state index < -0.39 is 0 Å². The molecule has 1 aliphatic carbocycles. The van der Waals surface area contributed by atoms with Crippen molar-refractivity contribution in [2.24, 2.45) is 7.05 Å². The molecule has 7 heteroatoms. The molecule has 0 unspecified atom stereocenters. The molecule has 0 spiro atoms. The second kappa shape index (κ2) is 5.49. The van der Waals surface area contributed by atoms with Crippen molar-refractivity contribution >= 4 is 17.2 Å². The minimum Gasteiger partial charge on any atom is -0.361 e. The van der Waals surface area contributed by atoms with Gasteiger partial charge in [0.25, 0.3) is 0 Å². The topological polar surface area (TPSA) is 68.5 Å². The fourth-order valence-electron chi connectivity index (χ4n) is 2.39. The molecule has 1 fully saturated rings. The van der Waals surface area contributed by atoms with Crippen LogP contribution in [0.4, 0.5) is 5.82 Å². The van der Waals surface area contributed by atoms with Gasteiger partial charge in [0.2, 0.25) is 0 Å². The second-order valence-corrected chi connectivity index (χ2v) is 6.38. The monoisotopic (exact) mass is 312 g/mol. The van der Waals surface area contributed by atoms with Gasteiger partial charge in [-0.25, -0.2) is 4.98 Å². The summed E-state index contributed by atoms with van der Waals surface area (Å²) in [4.78, 5) is 9.97. The molecule has 3 heterocycles. The summed E-state index contributed by atoms with van der Waals surface area (Å²) in [6, 6.07) is 4.06. The Morgan fingerprint density at radius 1 is 1.32 bits per heavy atom. The van der Waals surface area contributed by atoms with Gasteiger partial charge in [0.1, 0.15) is 17.3 Å². The van der Waals surface area contributed by atoms with Gasteiger partial charge in [-0.1, -0.05) is 6.07 Å². The molecular weight excluding hydrogens is 296 g/mol. The number of rotatable bonds is 5. The summed E-state index contributed by atoms with van der Waals surface area (Å²) in [5.41, 5.74) is 0.886.